The zero-order valence-electron chi connectivity index (χ0n) is 9.98. The second-order valence-electron chi connectivity index (χ2n) is 4.56. The molecule has 86 valence electrons. The molecule has 1 N–H and O–H groups in total. The third-order valence-corrected chi connectivity index (χ3v) is 2.57. The smallest absolute Gasteiger partial charge is 0.269 e. The van der Waals surface area contributed by atoms with Crippen LogP contribution in [-0.4, -0.2) is 20.0 Å². The highest BCUT2D eigenvalue weighted by molar-refractivity contribution is 5.79. The van der Waals surface area contributed by atoms with E-state index in [0.717, 1.165) is 5.69 Å². The summed E-state index contributed by atoms with van der Waals surface area (Å²) in [5, 5.41) is 11.6. The summed E-state index contributed by atoms with van der Waals surface area (Å²) in [7, 11) is 0. The maximum Gasteiger partial charge on any atom is 0.275 e. The third kappa shape index (κ3) is 1.62. The van der Waals surface area contributed by atoms with Crippen molar-refractivity contribution in [2.45, 2.75) is 39.7 Å². The molecule has 2 aromatic heterocycles. The van der Waals surface area contributed by atoms with Crippen LogP contribution in [0.5, 0.6) is 0 Å². The average molecular weight is 220 g/mol. The molecular weight excluding hydrogens is 204 g/mol. The second-order valence-corrected chi connectivity index (χ2v) is 4.56. The van der Waals surface area contributed by atoms with Gasteiger partial charge in [0, 0.05) is 12.2 Å². The molecule has 0 spiro atoms. The Hall–Kier alpha value is -1.65. The van der Waals surface area contributed by atoms with Gasteiger partial charge in [-0.1, -0.05) is 13.8 Å². The fraction of sp³-hybridized carbons (Fsp3) is 0.545. The molecule has 5 heteroatoms. The number of rotatable bonds is 2. The number of aromatic nitrogens is 4. The van der Waals surface area contributed by atoms with Crippen molar-refractivity contribution < 1.29 is 0 Å². The Kier molecular flexibility index (Phi) is 2.53. The van der Waals surface area contributed by atoms with Crippen molar-refractivity contribution in [3.05, 3.63) is 22.2 Å². The SMILES string of the molecule is CC(C)c1n[nH]c(=O)c2cn(C(C)C)nc12. The molecule has 16 heavy (non-hydrogen) atoms. The molecule has 0 aliphatic heterocycles. The first-order chi connectivity index (χ1) is 7.50. The second kappa shape index (κ2) is 3.73. The first kappa shape index (κ1) is 10.9. The lowest BCUT2D eigenvalue weighted by molar-refractivity contribution is 0.536. The van der Waals surface area contributed by atoms with Crippen molar-refractivity contribution in [3.63, 3.8) is 0 Å². The Morgan fingerprint density at radius 2 is 2.00 bits per heavy atom. The molecule has 0 fully saturated rings. The summed E-state index contributed by atoms with van der Waals surface area (Å²) in [6.45, 7) is 8.13. The number of aromatic amines is 1. The van der Waals surface area contributed by atoms with Gasteiger partial charge in [-0.3, -0.25) is 9.48 Å². The van der Waals surface area contributed by atoms with Gasteiger partial charge in [-0.05, 0) is 19.8 Å². The molecule has 0 amide bonds. The van der Waals surface area contributed by atoms with Gasteiger partial charge in [0.1, 0.15) is 5.52 Å². The van der Waals surface area contributed by atoms with Crippen LogP contribution in [0.15, 0.2) is 11.0 Å². The van der Waals surface area contributed by atoms with Crippen LogP contribution in [-0.2, 0) is 0 Å². The van der Waals surface area contributed by atoms with Crippen molar-refractivity contribution >= 4 is 10.9 Å². The Balaban J connectivity index is 2.78. The Bertz CT molecular complexity index is 565. The molecule has 0 bridgehead atoms. The molecule has 0 saturated carbocycles. The maximum absolute atomic E-state index is 11.6. The van der Waals surface area contributed by atoms with Gasteiger partial charge in [0.05, 0.1) is 11.1 Å². The minimum absolute atomic E-state index is 0.175. The minimum Gasteiger partial charge on any atom is -0.269 e. The van der Waals surface area contributed by atoms with E-state index in [1.807, 2.05) is 27.7 Å². The predicted octanol–water partition coefficient (Wildman–Crippen LogP) is 1.82. The van der Waals surface area contributed by atoms with Crippen molar-refractivity contribution in [2.75, 3.05) is 0 Å². The van der Waals surface area contributed by atoms with Gasteiger partial charge in [-0.25, -0.2) is 5.10 Å². The van der Waals surface area contributed by atoms with Gasteiger partial charge in [0.15, 0.2) is 0 Å². The fourth-order valence-corrected chi connectivity index (χ4v) is 1.64. The molecule has 0 unspecified atom stereocenters. The van der Waals surface area contributed by atoms with Crippen LogP contribution in [0.1, 0.15) is 45.3 Å². The van der Waals surface area contributed by atoms with E-state index in [1.54, 1.807) is 10.9 Å². The Morgan fingerprint density at radius 1 is 1.31 bits per heavy atom. The highest BCUT2D eigenvalue weighted by Gasteiger charge is 2.14. The van der Waals surface area contributed by atoms with Crippen LogP contribution < -0.4 is 5.56 Å². The standard InChI is InChI=1S/C11H16N4O/c1-6(2)9-10-8(11(16)13-12-9)5-15(14-10)7(3)4/h5-7H,1-4H3,(H,13,16). The molecule has 0 radical (unpaired) electrons. The first-order valence-electron chi connectivity index (χ1n) is 5.48. The van der Waals surface area contributed by atoms with E-state index in [-0.39, 0.29) is 17.5 Å². The lowest BCUT2D eigenvalue weighted by Crippen LogP contribution is -2.10. The van der Waals surface area contributed by atoms with Crippen molar-refractivity contribution in [1.82, 2.24) is 20.0 Å². The van der Waals surface area contributed by atoms with E-state index in [1.165, 1.54) is 0 Å². The zero-order valence-corrected chi connectivity index (χ0v) is 9.98. The summed E-state index contributed by atoms with van der Waals surface area (Å²) in [5.41, 5.74) is 1.38. The molecule has 0 atom stereocenters. The normalized spacial score (nSPS) is 11.9. The minimum atomic E-state index is -0.175. The fourth-order valence-electron chi connectivity index (χ4n) is 1.64. The summed E-state index contributed by atoms with van der Waals surface area (Å²) in [6, 6.07) is 0.242. The van der Waals surface area contributed by atoms with Crippen molar-refractivity contribution in [2.24, 2.45) is 0 Å². The molecular formula is C11H16N4O. The van der Waals surface area contributed by atoms with Gasteiger partial charge in [-0.2, -0.15) is 10.2 Å². The maximum atomic E-state index is 11.6. The van der Waals surface area contributed by atoms with Crippen LogP contribution in [0.3, 0.4) is 0 Å². The summed E-state index contributed by atoms with van der Waals surface area (Å²) >= 11 is 0. The number of H-pyrrole nitrogens is 1. The van der Waals surface area contributed by atoms with Gasteiger partial charge in [0.25, 0.3) is 5.56 Å². The van der Waals surface area contributed by atoms with Crippen LogP contribution in [0.4, 0.5) is 0 Å². The van der Waals surface area contributed by atoms with E-state index >= 15 is 0 Å². The lowest BCUT2D eigenvalue weighted by Gasteiger charge is -2.04. The van der Waals surface area contributed by atoms with E-state index < -0.39 is 0 Å². The Labute approximate surface area is 93.5 Å². The highest BCUT2D eigenvalue weighted by atomic mass is 16.1. The van der Waals surface area contributed by atoms with Crippen molar-refractivity contribution in [1.29, 1.82) is 0 Å². The van der Waals surface area contributed by atoms with Gasteiger partial charge in [-0.15, -0.1) is 0 Å². The topological polar surface area (TPSA) is 63.6 Å². The number of nitrogens with one attached hydrogen (secondary N) is 1. The van der Waals surface area contributed by atoms with Gasteiger partial charge >= 0.3 is 0 Å². The number of nitrogens with zero attached hydrogens (tertiary/aromatic N) is 3. The molecule has 0 saturated heterocycles. The van der Waals surface area contributed by atoms with Crippen molar-refractivity contribution in [3.8, 4) is 0 Å². The molecule has 0 aromatic carbocycles. The molecule has 2 aromatic rings. The number of hydrogen-bond acceptors (Lipinski definition) is 3. The summed E-state index contributed by atoms with van der Waals surface area (Å²) in [4.78, 5) is 11.6. The molecule has 5 nitrogen and oxygen atoms in total. The summed E-state index contributed by atoms with van der Waals surface area (Å²) in [6.07, 6.45) is 1.78. The monoisotopic (exact) mass is 220 g/mol. The Morgan fingerprint density at radius 3 is 2.56 bits per heavy atom. The quantitative estimate of drug-likeness (QED) is 0.839. The first-order valence-corrected chi connectivity index (χ1v) is 5.48. The number of hydrogen-bond donors (Lipinski definition) is 1. The molecule has 2 rings (SSSR count). The van der Waals surface area contributed by atoms with Crippen LogP contribution in [0.25, 0.3) is 10.9 Å². The molecule has 0 aliphatic rings. The van der Waals surface area contributed by atoms with Crippen LogP contribution in [0.2, 0.25) is 0 Å². The van der Waals surface area contributed by atoms with E-state index in [0.29, 0.717) is 10.9 Å². The van der Waals surface area contributed by atoms with Gasteiger partial charge < -0.3 is 0 Å². The van der Waals surface area contributed by atoms with Crippen LogP contribution >= 0.6 is 0 Å². The van der Waals surface area contributed by atoms with E-state index in [2.05, 4.69) is 15.3 Å². The third-order valence-electron chi connectivity index (χ3n) is 2.57. The van der Waals surface area contributed by atoms with E-state index in [9.17, 15) is 4.79 Å². The van der Waals surface area contributed by atoms with Crippen LogP contribution in [0, 0.1) is 0 Å². The largest absolute Gasteiger partial charge is 0.275 e. The predicted molar refractivity (Wildman–Crippen MR) is 62.6 cm³/mol. The molecule has 2 heterocycles. The van der Waals surface area contributed by atoms with Gasteiger partial charge in [0.2, 0.25) is 0 Å². The van der Waals surface area contributed by atoms with E-state index in [4.69, 9.17) is 0 Å². The summed E-state index contributed by atoms with van der Waals surface area (Å²) < 4.78 is 1.80. The number of fused-ring (bicyclic) bond motifs is 1. The zero-order chi connectivity index (χ0) is 11.9. The highest BCUT2D eigenvalue weighted by Crippen LogP contribution is 2.19. The average Bonchev–Trinajstić information content (AvgIpc) is 2.62. The lowest BCUT2D eigenvalue weighted by atomic mass is 10.1. The molecule has 0 aliphatic carbocycles. The summed E-state index contributed by atoms with van der Waals surface area (Å²) in [5.74, 6) is 0.245.